The number of aromatic nitrogens is 1. The second-order valence-electron chi connectivity index (χ2n) is 18.1. The zero-order valence-corrected chi connectivity index (χ0v) is 38.6. The molecule has 0 bridgehead atoms. The summed E-state index contributed by atoms with van der Waals surface area (Å²) in [5.41, 5.74) is 4.02. The molecule has 0 saturated heterocycles. The summed E-state index contributed by atoms with van der Waals surface area (Å²) in [4.78, 5) is 29.3. The van der Waals surface area contributed by atoms with Crippen LogP contribution in [0.25, 0.3) is 33.4 Å². The van der Waals surface area contributed by atoms with Gasteiger partial charge in [0.15, 0.2) is 19.0 Å². The van der Waals surface area contributed by atoms with E-state index in [9.17, 15) is 18.0 Å². The molecular weight excluding hydrogens is 831 g/mol. The second kappa shape index (κ2) is 19.4. The van der Waals surface area contributed by atoms with Crippen molar-refractivity contribution in [2.24, 2.45) is 0 Å². The number of rotatable bonds is 15. The van der Waals surface area contributed by atoms with Crippen molar-refractivity contribution in [1.82, 2.24) is 4.98 Å². The lowest BCUT2D eigenvalue weighted by Crippen LogP contribution is -2.27. The Kier molecular flexibility index (Phi) is 14.2. The molecule has 0 aliphatic rings. The average molecular weight is 886 g/mol. The maximum atomic E-state index is 14.2. The molecule has 0 amide bonds. The van der Waals surface area contributed by atoms with Crippen molar-refractivity contribution in [2.45, 2.75) is 90.4 Å². The summed E-state index contributed by atoms with van der Waals surface area (Å²) < 4.78 is 63.2. The predicted octanol–water partition coefficient (Wildman–Crippen LogP) is 11.2. The minimum atomic E-state index is -4.36. The maximum Gasteiger partial charge on any atom is 0.344 e. The molecule has 0 aliphatic carbocycles. The molecule has 64 heavy (non-hydrogen) atoms. The molecule has 0 fully saturated rings. The standard InChI is InChI=1S/C52H55NO10S/c1-50(2,3)38-20-26-43(27-21-38)64(56,57)63-45-29-28-44(35-16-22-40(23-17-35)59-33-46(54)61-51(4,5)6)48(36-18-24-41(25-19-36)60-34-47(55)62-52(7,8)9)49(45)37-13-12-15-42(31-37)58-32-39-14-10-11-30-53-39/h10-31H,32-34H2,1-9H3. The largest absolute Gasteiger partial charge is 0.487 e. The van der Waals surface area contributed by atoms with Gasteiger partial charge in [-0.25, -0.2) is 9.59 Å². The number of carbonyl (C=O) groups is 2. The number of hydrogen-bond donors (Lipinski definition) is 0. The highest BCUT2D eigenvalue weighted by Crippen LogP contribution is 2.47. The molecule has 11 nitrogen and oxygen atoms in total. The van der Waals surface area contributed by atoms with Gasteiger partial charge in [-0.2, -0.15) is 8.42 Å². The van der Waals surface area contributed by atoms with Crippen molar-refractivity contribution in [3.8, 4) is 56.4 Å². The van der Waals surface area contributed by atoms with Crippen LogP contribution in [0.15, 0.2) is 138 Å². The number of esters is 2. The fraction of sp³-hybridized carbons (Fsp3) is 0.288. The van der Waals surface area contributed by atoms with Gasteiger partial charge in [-0.05, 0) is 148 Å². The van der Waals surface area contributed by atoms with Crippen molar-refractivity contribution in [2.75, 3.05) is 13.2 Å². The van der Waals surface area contributed by atoms with Gasteiger partial charge in [0.05, 0.1) is 5.69 Å². The highest BCUT2D eigenvalue weighted by atomic mass is 32.2. The Morgan fingerprint density at radius 2 is 1.12 bits per heavy atom. The van der Waals surface area contributed by atoms with E-state index in [1.165, 1.54) is 0 Å². The van der Waals surface area contributed by atoms with Gasteiger partial charge < -0.3 is 27.9 Å². The zero-order chi connectivity index (χ0) is 46.3. The number of pyridine rings is 1. The molecular formula is C52H55NO10S. The smallest absolute Gasteiger partial charge is 0.344 e. The third kappa shape index (κ3) is 12.9. The van der Waals surface area contributed by atoms with Crippen molar-refractivity contribution >= 4 is 22.1 Å². The van der Waals surface area contributed by atoms with Gasteiger partial charge in [-0.15, -0.1) is 0 Å². The third-order valence-corrected chi connectivity index (χ3v) is 10.7. The quantitative estimate of drug-likeness (QED) is 0.0720. The van der Waals surface area contributed by atoms with E-state index in [0.29, 0.717) is 39.5 Å². The molecule has 0 spiro atoms. The van der Waals surface area contributed by atoms with Crippen LogP contribution in [-0.4, -0.2) is 49.8 Å². The molecule has 1 heterocycles. The lowest BCUT2D eigenvalue weighted by molar-refractivity contribution is -0.158. The number of nitrogens with zero attached hydrogens (tertiary/aromatic N) is 1. The van der Waals surface area contributed by atoms with Crippen LogP contribution in [0.4, 0.5) is 0 Å². The first-order chi connectivity index (χ1) is 30.1. The third-order valence-electron chi connectivity index (χ3n) is 9.47. The van der Waals surface area contributed by atoms with Crippen LogP contribution in [0.5, 0.6) is 23.0 Å². The van der Waals surface area contributed by atoms with Crippen LogP contribution >= 0.6 is 0 Å². The van der Waals surface area contributed by atoms with E-state index in [-0.39, 0.29) is 35.9 Å². The van der Waals surface area contributed by atoms with Gasteiger partial charge in [0, 0.05) is 17.3 Å². The molecule has 6 rings (SSSR count). The van der Waals surface area contributed by atoms with E-state index in [1.807, 2.05) is 66.7 Å². The van der Waals surface area contributed by atoms with E-state index < -0.39 is 33.3 Å². The van der Waals surface area contributed by atoms with Crippen LogP contribution < -0.4 is 18.4 Å². The lowest BCUT2D eigenvalue weighted by Gasteiger charge is -2.22. The Bertz CT molecular complexity index is 2660. The van der Waals surface area contributed by atoms with E-state index in [2.05, 4.69) is 25.8 Å². The topological polar surface area (TPSA) is 137 Å². The Morgan fingerprint density at radius 1 is 0.547 bits per heavy atom. The summed E-state index contributed by atoms with van der Waals surface area (Å²) in [5, 5.41) is 0. The molecule has 1 aromatic heterocycles. The fourth-order valence-electron chi connectivity index (χ4n) is 6.63. The predicted molar refractivity (Wildman–Crippen MR) is 247 cm³/mol. The highest BCUT2D eigenvalue weighted by molar-refractivity contribution is 7.87. The number of carbonyl (C=O) groups excluding carboxylic acids is 2. The molecule has 0 aliphatic heterocycles. The van der Waals surface area contributed by atoms with Crippen LogP contribution in [0, 0.1) is 0 Å². The summed E-state index contributed by atoms with van der Waals surface area (Å²) in [6.07, 6.45) is 1.70. The zero-order valence-electron chi connectivity index (χ0n) is 37.8. The van der Waals surface area contributed by atoms with Gasteiger partial charge in [0.25, 0.3) is 0 Å². The van der Waals surface area contributed by atoms with E-state index >= 15 is 0 Å². The average Bonchev–Trinajstić information content (AvgIpc) is 3.23. The second-order valence-corrected chi connectivity index (χ2v) is 19.7. The van der Waals surface area contributed by atoms with Crippen molar-refractivity contribution < 1.29 is 45.9 Å². The minimum Gasteiger partial charge on any atom is -0.487 e. The summed E-state index contributed by atoms with van der Waals surface area (Å²) >= 11 is 0. The molecule has 0 saturated carbocycles. The Labute approximate surface area is 376 Å². The van der Waals surface area contributed by atoms with Gasteiger partial charge in [0.2, 0.25) is 0 Å². The monoisotopic (exact) mass is 885 g/mol. The lowest BCUT2D eigenvalue weighted by atomic mass is 9.87. The first kappa shape index (κ1) is 46.8. The Balaban J connectivity index is 1.48. The van der Waals surface area contributed by atoms with Gasteiger partial charge in [-0.1, -0.05) is 75.4 Å². The van der Waals surface area contributed by atoms with Crippen molar-refractivity contribution in [1.29, 1.82) is 0 Å². The molecule has 334 valence electrons. The normalized spacial score (nSPS) is 12.0. The first-order valence-corrected chi connectivity index (χ1v) is 22.3. The van der Waals surface area contributed by atoms with Crippen LogP contribution in [0.1, 0.15) is 73.6 Å². The molecule has 6 aromatic rings. The summed E-state index contributed by atoms with van der Waals surface area (Å²) in [6, 6.07) is 37.4. The van der Waals surface area contributed by atoms with E-state index in [1.54, 1.807) is 108 Å². The summed E-state index contributed by atoms with van der Waals surface area (Å²) in [7, 11) is -4.36. The molecule has 5 aromatic carbocycles. The van der Waals surface area contributed by atoms with Gasteiger partial charge >= 0.3 is 22.1 Å². The Hall–Kier alpha value is -6.66. The van der Waals surface area contributed by atoms with Gasteiger partial charge in [0.1, 0.15) is 40.0 Å². The van der Waals surface area contributed by atoms with E-state index in [0.717, 1.165) is 22.4 Å². The number of benzene rings is 5. The first-order valence-electron chi connectivity index (χ1n) is 20.9. The Morgan fingerprint density at radius 3 is 1.66 bits per heavy atom. The summed E-state index contributed by atoms with van der Waals surface area (Å²) in [6.45, 7) is 16.5. The number of ether oxygens (including phenoxy) is 5. The van der Waals surface area contributed by atoms with Gasteiger partial charge in [-0.3, -0.25) is 4.98 Å². The van der Waals surface area contributed by atoms with E-state index in [4.69, 9.17) is 27.9 Å². The minimum absolute atomic E-state index is 0.00187. The highest BCUT2D eigenvalue weighted by Gasteiger charge is 2.26. The number of hydrogen-bond acceptors (Lipinski definition) is 11. The van der Waals surface area contributed by atoms with Crippen LogP contribution in [-0.2, 0) is 41.2 Å². The van der Waals surface area contributed by atoms with Crippen LogP contribution in [0.2, 0.25) is 0 Å². The summed E-state index contributed by atoms with van der Waals surface area (Å²) in [5.74, 6) is 0.450. The fourth-order valence-corrected chi connectivity index (χ4v) is 7.57. The molecule has 12 heteroatoms. The van der Waals surface area contributed by atoms with Crippen molar-refractivity contribution in [3.63, 3.8) is 0 Å². The van der Waals surface area contributed by atoms with Crippen molar-refractivity contribution in [3.05, 3.63) is 145 Å². The van der Waals surface area contributed by atoms with Crippen LogP contribution in [0.3, 0.4) is 0 Å². The maximum absolute atomic E-state index is 14.2. The SMILES string of the molecule is CC(C)(C)OC(=O)COc1ccc(-c2ccc(OS(=O)(=O)c3ccc(C(C)(C)C)cc3)c(-c3cccc(OCc4ccccn4)c3)c2-c2ccc(OCC(=O)OC(C)(C)C)cc2)cc1. The molecule has 0 unspecified atom stereocenters. The molecule has 0 atom stereocenters. The molecule has 0 N–H and O–H groups in total. The molecule has 0 radical (unpaired) electrons.